The van der Waals surface area contributed by atoms with Gasteiger partial charge in [0.25, 0.3) is 0 Å². The molecule has 0 aliphatic heterocycles. The molecule has 136 valence electrons. The maximum atomic E-state index is 12.2. The molecule has 1 unspecified atom stereocenters. The minimum atomic E-state index is -0.792. The number of rotatable bonds is 6. The number of esters is 1. The monoisotopic (exact) mass is 457 g/mol. The van der Waals surface area contributed by atoms with E-state index in [0.717, 1.165) is 0 Å². The van der Waals surface area contributed by atoms with E-state index in [0.29, 0.717) is 21.3 Å². The molecule has 0 radical (unpaired) electrons. The summed E-state index contributed by atoms with van der Waals surface area (Å²) in [6.45, 7) is 1.79. The fourth-order valence-electron chi connectivity index (χ4n) is 1.94. The van der Waals surface area contributed by atoms with Crippen LogP contribution in [0.4, 0.5) is 5.69 Å². The molecule has 0 saturated heterocycles. The van der Waals surface area contributed by atoms with Crippen molar-refractivity contribution >= 4 is 50.8 Å². The highest BCUT2D eigenvalue weighted by atomic mass is 79.9. The average molecular weight is 459 g/mol. The first kappa shape index (κ1) is 20.4. The van der Waals surface area contributed by atoms with Crippen molar-refractivity contribution in [3.05, 3.63) is 75.6 Å². The Labute approximate surface area is 169 Å². The van der Waals surface area contributed by atoms with E-state index in [1.54, 1.807) is 55.5 Å². The number of hydrogen-bond donors (Lipinski definition) is 1. The predicted molar refractivity (Wildman–Crippen MR) is 105 cm³/mol. The van der Waals surface area contributed by atoms with Crippen LogP contribution < -0.4 is 0 Å². The van der Waals surface area contributed by atoms with Crippen molar-refractivity contribution < 1.29 is 14.6 Å². The first-order chi connectivity index (χ1) is 12.4. The highest BCUT2D eigenvalue weighted by molar-refractivity contribution is 9.09. The number of carbonyl (C=O) groups is 1. The first-order valence-electron chi connectivity index (χ1n) is 7.60. The molecule has 1 N–H and O–H groups in total. The van der Waals surface area contributed by atoms with Crippen molar-refractivity contribution in [1.29, 1.82) is 0 Å². The molecule has 0 saturated carbocycles. The number of ether oxygens (including phenoxy) is 1. The molecule has 1 atom stereocenters. The molecule has 0 heterocycles. The van der Waals surface area contributed by atoms with Gasteiger partial charge >= 0.3 is 5.97 Å². The summed E-state index contributed by atoms with van der Waals surface area (Å²) in [5.74, 6) is -1.12. The third-order valence-corrected chi connectivity index (χ3v) is 4.76. The second kappa shape index (κ2) is 9.71. The van der Waals surface area contributed by atoms with Crippen LogP contribution in [-0.4, -0.2) is 17.7 Å². The average Bonchev–Trinajstić information content (AvgIpc) is 2.63. The van der Waals surface area contributed by atoms with Gasteiger partial charge in [0, 0.05) is 5.02 Å². The Morgan fingerprint density at radius 2 is 1.85 bits per heavy atom. The van der Waals surface area contributed by atoms with Gasteiger partial charge in [-0.15, -0.1) is 10.2 Å². The van der Waals surface area contributed by atoms with Crippen LogP contribution in [-0.2, 0) is 9.53 Å². The molecular weight excluding hydrogens is 444 g/mol. The smallest absolute Gasteiger partial charge is 0.362 e. The first-order valence-corrected chi connectivity index (χ1v) is 9.27. The molecule has 2 aromatic rings. The molecule has 0 fully saturated rings. The fourth-order valence-corrected chi connectivity index (χ4v) is 2.76. The van der Waals surface area contributed by atoms with Crippen LogP contribution in [0.3, 0.4) is 0 Å². The van der Waals surface area contributed by atoms with E-state index >= 15 is 0 Å². The molecule has 8 heteroatoms. The van der Waals surface area contributed by atoms with Crippen LogP contribution in [0.2, 0.25) is 10.0 Å². The minimum Gasteiger partial charge on any atom is -0.508 e. The Bertz CT molecular complexity index is 839. The van der Waals surface area contributed by atoms with Crippen LogP contribution in [0.15, 0.2) is 70.2 Å². The lowest BCUT2D eigenvalue weighted by Gasteiger charge is -2.12. The van der Waals surface area contributed by atoms with Crippen LogP contribution in [0.1, 0.15) is 17.3 Å². The van der Waals surface area contributed by atoms with E-state index in [9.17, 15) is 9.90 Å². The number of carbonyl (C=O) groups excluding carboxylic acids is 1. The lowest BCUT2D eigenvalue weighted by atomic mass is 10.1. The molecule has 0 aliphatic rings. The lowest BCUT2D eigenvalue weighted by Crippen LogP contribution is -2.10. The van der Waals surface area contributed by atoms with Gasteiger partial charge in [-0.3, -0.25) is 0 Å². The van der Waals surface area contributed by atoms with Gasteiger partial charge in [0.05, 0.1) is 16.5 Å². The second-order valence-electron chi connectivity index (χ2n) is 5.02. The number of alkyl halides is 1. The Hall–Kier alpha value is -1.89. The Balaban J connectivity index is 2.41. The Morgan fingerprint density at radius 3 is 2.46 bits per heavy atom. The standard InChI is InChI=1S/C18H15BrCl2N2O3/c1-2-26-18(25)16(23-22-14-6-4-3-5-13(14)21)17(24)15(19)11-7-9-12(20)10-8-11/h3-10,15,24H,2H2,1H3/i18+1. The molecule has 0 aromatic heterocycles. The van der Waals surface area contributed by atoms with Crippen LogP contribution >= 0.6 is 39.1 Å². The van der Waals surface area contributed by atoms with E-state index in [1.807, 2.05) is 0 Å². The van der Waals surface area contributed by atoms with Gasteiger partial charge in [-0.1, -0.05) is 63.4 Å². The summed E-state index contributed by atoms with van der Waals surface area (Å²) in [6.07, 6.45) is 0. The maximum Gasteiger partial charge on any atom is 0.362 e. The summed E-state index contributed by atoms with van der Waals surface area (Å²) in [4.78, 5) is 11.5. The highest BCUT2D eigenvalue weighted by Gasteiger charge is 2.23. The molecule has 0 spiro atoms. The van der Waals surface area contributed by atoms with E-state index in [1.165, 1.54) is 0 Å². The topological polar surface area (TPSA) is 71.2 Å². The molecule has 0 bridgehead atoms. The molecule has 0 amide bonds. The Morgan fingerprint density at radius 1 is 1.19 bits per heavy atom. The largest absolute Gasteiger partial charge is 0.508 e. The van der Waals surface area contributed by atoms with E-state index < -0.39 is 10.8 Å². The molecule has 2 aromatic carbocycles. The fraction of sp³-hybridized carbons (Fsp3) is 0.167. The SMILES string of the molecule is CCO[13C](=O)C(N=Nc1ccccc1Cl)=C(O)C(Br)c1ccc(Cl)cc1. The van der Waals surface area contributed by atoms with Crippen molar-refractivity contribution in [3.8, 4) is 0 Å². The van der Waals surface area contributed by atoms with Crippen molar-refractivity contribution in [3.63, 3.8) is 0 Å². The zero-order valence-electron chi connectivity index (χ0n) is 13.7. The quantitative estimate of drug-likeness (QED) is 0.133. The zero-order chi connectivity index (χ0) is 19.1. The molecule has 26 heavy (non-hydrogen) atoms. The lowest BCUT2D eigenvalue weighted by molar-refractivity contribution is -0.138. The highest BCUT2D eigenvalue weighted by Crippen LogP contribution is 2.33. The van der Waals surface area contributed by atoms with Crippen molar-refractivity contribution in [2.75, 3.05) is 6.61 Å². The van der Waals surface area contributed by atoms with Gasteiger partial charge in [0.1, 0.15) is 11.4 Å². The number of hydrogen-bond acceptors (Lipinski definition) is 5. The third-order valence-electron chi connectivity index (χ3n) is 3.22. The minimum absolute atomic E-state index is 0.130. The van der Waals surface area contributed by atoms with Crippen molar-refractivity contribution in [2.45, 2.75) is 11.8 Å². The van der Waals surface area contributed by atoms with Crippen LogP contribution in [0.5, 0.6) is 0 Å². The van der Waals surface area contributed by atoms with Crippen molar-refractivity contribution in [1.82, 2.24) is 0 Å². The van der Waals surface area contributed by atoms with Crippen LogP contribution in [0.25, 0.3) is 0 Å². The number of benzene rings is 2. The summed E-state index contributed by atoms with van der Waals surface area (Å²) < 4.78 is 4.96. The van der Waals surface area contributed by atoms with Gasteiger partial charge in [-0.05, 0) is 36.8 Å². The van der Waals surface area contributed by atoms with E-state index in [-0.39, 0.29) is 18.1 Å². The summed E-state index contributed by atoms with van der Waals surface area (Å²) >= 11 is 15.3. The maximum absolute atomic E-state index is 12.2. The van der Waals surface area contributed by atoms with Crippen molar-refractivity contribution in [2.24, 2.45) is 10.2 Å². The van der Waals surface area contributed by atoms with E-state index in [4.69, 9.17) is 27.9 Å². The number of aliphatic hydroxyl groups excluding tert-OH is 1. The predicted octanol–water partition coefficient (Wildman–Crippen LogP) is 6.55. The molecule has 0 aliphatic carbocycles. The normalized spacial score (nSPS) is 13.4. The summed E-state index contributed by atoms with van der Waals surface area (Å²) in [7, 11) is 0. The number of nitrogens with zero attached hydrogens (tertiary/aromatic N) is 2. The summed E-state index contributed by atoms with van der Waals surface area (Å²) in [5.41, 5.74) is 0.728. The second-order valence-corrected chi connectivity index (χ2v) is 6.78. The van der Waals surface area contributed by atoms with Gasteiger partial charge in [-0.25, -0.2) is 4.79 Å². The number of aliphatic hydroxyl groups is 1. The number of allylic oxidation sites excluding steroid dienone is 1. The molecule has 2 rings (SSSR count). The van der Waals surface area contributed by atoms with Gasteiger partial charge in [-0.2, -0.15) is 0 Å². The third kappa shape index (κ3) is 5.30. The molecule has 5 nitrogen and oxygen atoms in total. The van der Waals surface area contributed by atoms with Gasteiger partial charge in [0.2, 0.25) is 5.70 Å². The van der Waals surface area contributed by atoms with Gasteiger partial charge < -0.3 is 9.84 Å². The zero-order valence-corrected chi connectivity index (χ0v) is 16.8. The Kier molecular flexibility index (Phi) is 7.63. The van der Waals surface area contributed by atoms with E-state index in [2.05, 4.69) is 26.2 Å². The van der Waals surface area contributed by atoms with Crippen LogP contribution in [0, 0.1) is 0 Å². The van der Waals surface area contributed by atoms with Gasteiger partial charge in [0.15, 0.2) is 0 Å². The molecular formula is C18H15BrCl2N2O3. The summed E-state index contributed by atoms with van der Waals surface area (Å²) in [5, 5.41) is 19.3. The summed E-state index contributed by atoms with van der Waals surface area (Å²) in [6, 6.07) is 13.5. The number of halogens is 3. The number of azo groups is 1.